The van der Waals surface area contributed by atoms with Crippen LogP contribution in [0.3, 0.4) is 0 Å². The molecule has 3 aromatic rings. The molecule has 0 aliphatic carbocycles. The number of benzene rings is 2. The molecule has 2 N–H and O–H groups in total. The second-order valence-electron chi connectivity index (χ2n) is 4.92. The summed E-state index contributed by atoms with van der Waals surface area (Å²) in [4.78, 5) is 0. The molecule has 0 fully saturated rings. The van der Waals surface area contributed by atoms with Crippen molar-refractivity contribution in [2.75, 3.05) is 0 Å². The summed E-state index contributed by atoms with van der Waals surface area (Å²) >= 11 is 0. The summed E-state index contributed by atoms with van der Waals surface area (Å²) in [7, 11) is 0. The van der Waals surface area contributed by atoms with E-state index < -0.39 is 0 Å². The number of para-hydroxylation sites is 1. The van der Waals surface area contributed by atoms with Crippen LogP contribution in [-0.2, 0) is 13.1 Å². The molecule has 4 heteroatoms. The summed E-state index contributed by atoms with van der Waals surface area (Å²) < 4.78 is 16.0. The molecule has 3 rings (SSSR count). The predicted octanol–water partition coefficient (Wildman–Crippen LogP) is 3.16. The first-order chi connectivity index (χ1) is 10.2. The Morgan fingerprint density at radius 1 is 1.14 bits per heavy atom. The molecule has 0 unspecified atom stereocenters. The zero-order valence-electron chi connectivity index (χ0n) is 11.4. The van der Waals surface area contributed by atoms with E-state index in [4.69, 9.17) is 11.0 Å². The minimum Gasteiger partial charge on any atom is -0.343 e. The highest BCUT2D eigenvalue weighted by molar-refractivity contribution is 5.83. The Morgan fingerprint density at radius 2 is 2.00 bits per heavy atom. The topological polar surface area (TPSA) is 54.7 Å². The van der Waals surface area contributed by atoms with E-state index in [2.05, 4.69) is 0 Å². The Hall–Kier alpha value is -2.64. The maximum absolute atomic E-state index is 14.0. The van der Waals surface area contributed by atoms with Crippen molar-refractivity contribution in [1.29, 1.82) is 5.26 Å². The second-order valence-corrected chi connectivity index (χ2v) is 4.92. The quantitative estimate of drug-likeness (QED) is 0.800. The van der Waals surface area contributed by atoms with Crippen LogP contribution in [0, 0.1) is 17.1 Å². The Kier molecular flexibility index (Phi) is 3.43. The molecule has 0 spiro atoms. The van der Waals surface area contributed by atoms with Crippen LogP contribution in [-0.4, -0.2) is 4.57 Å². The number of nitrogens with zero attached hydrogens (tertiary/aromatic N) is 2. The Bertz CT molecular complexity index is 843. The fourth-order valence-electron chi connectivity index (χ4n) is 2.57. The summed E-state index contributed by atoms with van der Waals surface area (Å²) in [6.45, 7) is 0.856. The highest BCUT2D eigenvalue weighted by Gasteiger charge is 2.09. The van der Waals surface area contributed by atoms with Crippen molar-refractivity contribution in [3.8, 4) is 6.07 Å². The van der Waals surface area contributed by atoms with Gasteiger partial charge < -0.3 is 10.3 Å². The van der Waals surface area contributed by atoms with E-state index in [1.807, 2.05) is 41.1 Å². The average Bonchev–Trinajstić information content (AvgIpc) is 2.92. The normalized spacial score (nSPS) is 10.7. The van der Waals surface area contributed by atoms with Crippen molar-refractivity contribution in [2.45, 2.75) is 13.1 Å². The van der Waals surface area contributed by atoms with Crippen LogP contribution in [0.1, 0.15) is 16.7 Å². The van der Waals surface area contributed by atoms with Gasteiger partial charge >= 0.3 is 0 Å². The van der Waals surface area contributed by atoms with E-state index in [1.165, 1.54) is 6.07 Å². The molecule has 2 aromatic carbocycles. The Balaban J connectivity index is 2.05. The first kappa shape index (κ1) is 13.3. The van der Waals surface area contributed by atoms with Gasteiger partial charge in [0.15, 0.2) is 0 Å². The third-order valence-corrected chi connectivity index (χ3v) is 3.61. The monoisotopic (exact) mass is 279 g/mol. The van der Waals surface area contributed by atoms with Gasteiger partial charge in [-0.05, 0) is 29.1 Å². The first-order valence-electron chi connectivity index (χ1n) is 6.68. The number of rotatable bonds is 3. The maximum Gasteiger partial charge on any atom is 0.129 e. The molecule has 1 heterocycles. The fraction of sp³-hybridized carbons (Fsp3) is 0.118. The lowest BCUT2D eigenvalue weighted by molar-refractivity contribution is 0.601. The lowest BCUT2D eigenvalue weighted by Gasteiger charge is -2.10. The number of nitriles is 1. The lowest BCUT2D eigenvalue weighted by atomic mass is 10.1. The smallest absolute Gasteiger partial charge is 0.129 e. The van der Waals surface area contributed by atoms with Crippen LogP contribution in [0.2, 0.25) is 0 Å². The number of hydrogen-bond donors (Lipinski definition) is 1. The van der Waals surface area contributed by atoms with Gasteiger partial charge in [-0.3, -0.25) is 0 Å². The van der Waals surface area contributed by atoms with E-state index >= 15 is 0 Å². The van der Waals surface area contributed by atoms with Crippen LogP contribution in [0.5, 0.6) is 0 Å². The molecule has 104 valence electrons. The summed E-state index contributed by atoms with van der Waals surface area (Å²) in [5.74, 6) is -0.360. The van der Waals surface area contributed by atoms with Crippen molar-refractivity contribution in [2.24, 2.45) is 5.73 Å². The summed E-state index contributed by atoms with van der Waals surface area (Å²) in [5.41, 5.74) is 8.73. The molecule has 21 heavy (non-hydrogen) atoms. The SMILES string of the molecule is N#Cc1ccc(Cn2ccc3cccc(CN)c32)c(F)c1. The van der Waals surface area contributed by atoms with Gasteiger partial charge in [-0.15, -0.1) is 0 Å². The fourth-order valence-corrected chi connectivity index (χ4v) is 2.57. The van der Waals surface area contributed by atoms with Crippen molar-refractivity contribution in [3.63, 3.8) is 0 Å². The van der Waals surface area contributed by atoms with Gasteiger partial charge in [0.25, 0.3) is 0 Å². The van der Waals surface area contributed by atoms with E-state index in [-0.39, 0.29) is 5.82 Å². The van der Waals surface area contributed by atoms with E-state index in [9.17, 15) is 4.39 Å². The standard InChI is InChI=1S/C17H14FN3/c18-16-8-12(9-19)4-5-15(16)11-21-7-6-13-2-1-3-14(10-20)17(13)21/h1-8H,10-11,20H2. The summed E-state index contributed by atoms with van der Waals surface area (Å²) in [5, 5.41) is 9.87. The van der Waals surface area contributed by atoms with Crippen molar-refractivity contribution >= 4 is 10.9 Å². The largest absolute Gasteiger partial charge is 0.343 e. The zero-order valence-corrected chi connectivity index (χ0v) is 11.4. The van der Waals surface area contributed by atoms with Gasteiger partial charge in [-0.2, -0.15) is 5.26 Å². The van der Waals surface area contributed by atoms with Crippen molar-refractivity contribution in [3.05, 3.63) is 71.2 Å². The molecule has 0 radical (unpaired) electrons. The first-order valence-corrected chi connectivity index (χ1v) is 6.68. The summed E-state index contributed by atoms with van der Waals surface area (Å²) in [6.07, 6.45) is 1.93. The third-order valence-electron chi connectivity index (χ3n) is 3.61. The number of fused-ring (bicyclic) bond motifs is 1. The van der Waals surface area contributed by atoms with E-state index in [1.54, 1.807) is 12.1 Å². The molecule has 0 saturated carbocycles. The number of nitrogens with two attached hydrogens (primary N) is 1. The molecular weight excluding hydrogens is 265 g/mol. The molecule has 0 bridgehead atoms. The van der Waals surface area contributed by atoms with E-state index in [0.29, 0.717) is 24.2 Å². The van der Waals surface area contributed by atoms with E-state index in [0.717, 1.165) is 16.5 Å². The van der Waals surface area contributed by atoms with Crippen LogP contribution < -0.4 is 5.73 Å². The highest BCUT2D eigenvalue weighted by Crippen LogP contribution is 2.22. The summed E-state index contributed by atoms with van der Waals surface area (Å²) in [6, 6.07) is 14.5. The van der Waals surface area contributed by atoms with Gasteiger partial charge in [0.2, 0.25) is 0 Å². The molecule has 0 aliphatic rings. The Morgan fingerprint density at radius 3 is 2.71 bits per heavy atom. The Labute approximate surface area is 122 Å². The molecule has 0 aliphatic heterocycles. The van der Waals surface area contributed by atoms with Gasteiger partial charge in [0.1, 0.15) is 5.82 Å². The van der Waals surface area contributed by atoms with Crippen LogP contribution in [0.25, 0.3) is 10.9 Å². The minimum atomic E-state index is -0.360. The number of hydrogen-bond acceptors (Lipinski definition) is 2. The van der Waals surface area contributed by atoms with Crippen LogP contribution >= 0.6 is 0 Å². The van der Waals surface area contributed by atoms with Crippen LogP contribution in [0.15, 0.2) is 48.7 Å². The zero-order chi connectivity index (χ0) is 14.8. The molecule has 3 nitrogen and oxygen atoms in total. The number of aromatic nitrogens is 1. The number of halogens is 1. The van der Waals surface area contributed by atoms with Gasteiger partial charge in [0, 0.05) is 18.3 Å². The lowest BCUT2D eigenvalue weighted by Crippen LogP contribution is -2.05. The molecule has 0 saturated heterocycles. The molecular formula is C17H14FN3. The molecule has 1 aromatic heterocycles. The van der Waals surface area contributed by atoms with Crippen LogP contribution in [0.4, 0.5) is 4.39 Å². The maximum atomic E-state index is 14.0. The predicted molar refractivity (Wildman–Crippen MR) is 80.0 cm³/mol. The van der Waals surface area contributed by atoms with Gasteiger partial charge in [-0.25, -0.2) is 4.39 Å². The highest BCUT2D eigenvalue weighted by atomic mass is 19.1. The second kappa shape index (κ2) is 5.39. The van der Waals surface area contributed by atoms with Crippen molar-refractivity contribution in [1.82, 2.24) is 4.57 Å². The van der Waals surface area contributed by atoms with Crippen molar-refractivity contribution < 1.29 is 4.39 Å². The molecule has 0 amide bonds. The third kappa shape index (κ3) is 2.39. The van der Waals surface area contributed by atoms with Gasteiger partial charge in [-0.1, -0.05) is 24.3 Å². The average molecular weight is 279 g/mol. The molecule has 0 atom stereocenters. The van der Waals surface area contributed by atoms with Gasteiger partial charge in [0.05, 0.1) is 23.7 Å². The minimum absolute atomic E-state index is 0.330.